The van der Waals surface area contributed by atoms with Gasteiger partial charge in [-0.25, -0.2) is 9.59 Å². The van der Waals surface area contributed by atoms with Crippen molar-refractivity contribution in [2.75, 3.05) is 12.8 Å². The van der Waals surface area contributed by atoms with Crippen molar-refractivity contribution in [2.24, 2.45) is 5.92 Å². The Morgan fingerprint density at radius 2 is 1.86 bits per heavy atom. The van der Waals surface area contributed by atoms with Crippen molar-refractivity contribution in [3.63, 3.8) is 0 Å². The second kappa shape index (κ2) is 6.90. The van der Waals surface area contributed by atoms with E-state index in [1.165, 1.54) is 6.42 Å². The maximum atomic E-state index is 12.8. The average molecular weight is 314 g/mol. The lowest BCUT2D eigenvalue weighted by molar-refractivity contribution is -0.141. The predicted octanol–water partition coefficient (Wildman–Crippen LogP) is 2.86. The summed E-state index contributed by atoms with van der Waals surface area (Å²) in [7, 11) is 1.83. The molecule has 2 unspecified atom stereocenters. The molecule has 2 amide bonds. The lowest BCUT2D eigenvalue weighted by Crippen LogP contribution is -2.54. The van der Waals surface area contributed by atoms with Crippen molar-refractivity contribution in [2.45, 2.75) is 63.4 Å². The minimum absolute atomic E-state index is 0.0374. The molecule has 21 heavy (non-hydrogen) atoms. The van der Waals surface area contributed by atoms with Gasteiger partial charge in [-0.2, -0.15) is 0 Å². The van der Waals surface area contributed by atoms with Crippen LogP contribution in [0.1, 0.15) is 46.0 Å². The van der Waals surface area contributed by atoms with Crippen LogP contribution in [0.15, 0.2) is 0 Å². The van der Waals surface area contributed by atoms with Gasteiger partial charge < -0.3 is 10.0 Å². The number of rotatable bonds is 3. The number of carbonyl (C=O) groups excluding carboxylic acids is 1. The van der Waals surface area contributed by atoms with Gasteiger partial charge in [-0.3, -0.25) is 4.90 Å². The molecule has 2 aliphatic rings. The van der Waals surface area contributed by atoms with E-state index in [-0.39, 0.29) is 23.4 Å². The van der Waals surface area contributed by atoms with Crippen molar-refractivity contribution in [3.05, 3.63) is 0 Å². The Balaban J connectivity index is 2.13. The van der Waals surface area contributed by atoms with Crippen LogP contribution in [0.2, 0.25) is 0 Å². The van der Waals surface area contributed by atoms with Gasteiger partial charge in [-0.1, -0.05) is 33.1 Å². The predicted molar refractivity (Wildman–Crippen MR) is 84.4 cm³/mol. The molecule has 0 aromatic rings. The lowest BCUT2D eigenvalue weighted by atomic mass is 9.94. The van der Waals surface area contributed by atoms with Gasteiger partial charge >= 0.3 is 12.0 Å². The number of aliphatic carboxylic acids is 1. The summed E-state index contributed by atoms with van der Waals surface area (Å²) < 4.78 is 0. The molecule has 1 N–H and O–H groups in total. The zero-order valence-corrected chi connectivity index (χ0v) is 13.9. The summed E-state index contributed by atoms with van der Waals surface area (Å²) in [6.45, 7) is 4.09. The molecular formula is C15H26N2O3S. The molecule has 5 nitrogen and oxygen atoms in total. The van der Waals surface area contributed by atoms with Gasteiger partial charge in [-0.15, -0.1) is 11.8 Å². The summed E-state index contributed by atoms with van der Waals surface area (Å²) in [5, 5.41) is 9.36. The van der Waals surface area contributed by atoms with Crippen LogP contribution in [-0.4, -0.2) is 57.2 Å². The lowest BCUT2D eigenvalue weighted by Gasteiger charge is -2.38. The van der Waals surface area contributed by atoms with Crippen molar-refractivity contribution in [1.82, 2.24) is 9.80 Å². The summed E-state index contributed by atoms with van der Waals surface area (Å²) >= 11 is 1.58. The van der Waals surface area contributed by atoms with Crippen LogP contribution in [0.3, 0.4) is 0 Å². The summed E-state index contributed by atoms with van der Waals surface area (Å²) in [6.07, 6.45) is 5.63. The topological polar surface area (TPSA) is 60.9 Å². The second-order valence-electron chi connectivity index (χ2n) is 6.41. The maximum absolute atomic E-state index is 12.8. The van der Waals surface area contributed by atoms with Crippen molar-refractivity contribution >= 4 is 23.8 Å². The molecule has 1 saturated heterocycles. The Morgan fingerprint density at radius 3 is 2.38 bits per heavy atom. The van der Waals surface area contributed by atoms with E-state index >= 15 is 0 Å². The number of thioether (sulfide) groups is 1. The van der Waals surface area contributed by atoms with Crippen molar-refractivity contribution < 1.29 is 14.7 Å². The highest BCUT2D eigenvalue weighted by Gasteiger charge is 2.44. The molecule has 2 fully saturated rings. The van der Waals surface area contributed by atoms with Gasteiger partial charge in [0.15, 0.2) is 0 Å². The van der Waals surface area contributed by atoms with E-state index in [1.807, 2.05) is 20.9 Å². The highest BCUT2D eigenvalue weighted by Crippen LogP contribution is 2.35. The second-order valence-corrected chi connectivity index (χ2v) is 7.56. The van der Waals surface area contributed by atoms with Crippen LogP contribution in [0.5, 0.6) is 0 Å². The largest absolute Gasteiger partial charge is 0.480 e. The molecule has 120 valence electrons. The van der Waals surface area contributed by atoms with Gasteiger partial charge in [0.1, 0.15) is 6.04 Å². The highest BCUT2D eigenvalue weighted by molar-refractivity contribution is 8.00. The third-order valence-electron chi connectivity index (χ3n) is 4.54. The molecular weight excluding hydrogens is 288 g/mol. The maximum Gasteiger partial charge on any atom is 0.327 e. The molecule has 6 heteroatoms. The molecule has 2 atom stereocenters. The Labute approximate surface area is 131 Å². The van der Waals surface area contributed by atoms with E-state index in [0.29, 0.717) is 5.75 Å². The van der Waals surface area contributed by atoms with Gasteiger partial charge in [0.05, 0.1) is 5.37 Å². The Hall–Kier alpha value is -0.910. The molecule has 1 saturated carbocycles. The number of carboxylic acids is 1. The van der Waals surface area contributed by atoms with E-state index in [1.54, 1.807) is 21.6 Å². The fourth-order valence-corrected chi connectivity index (χ4v) is 4.75. The standard InChI is InChI=1S/C15H26N2O3S/c1-10(2)13-17(12(9-21-13)14(18)19)15(20)16(3)11-7-5-4-6-8-11/h10-13H,4-9H2,1-3H3,(H,18,19). The normalized spacial score (nSPS) is 27.1. The Kier molecular flexibility index (Phi) is 5.41. The minimum atomic E-state index is -0.893. The van der Waals surface area contributed by atoms with E-state index in [9.17, 15) is 14.7 Å². The highest BCUT2D eigenvalue weighted by atomic mass is 32.2. The van der Waals surface area contributed by atoms with E-state index in [0.717, 1.165) is 25.7 Å². The number of amides is 2. The first-order valence-corrected chi connectivity index (χ1v) is 8.88. The average Bonchev–Trinajstić information content (AvgIpc) is 2.91. The number of hydrogen-bond acceptors (Lipinski definition) is 3. The number of hydrogen-bond donors (Lipinski definition) is 1. The van der Waals surface area contributed by atoms with Crippen LogP contribution in [0, 0.1) is 5.92 Å². The van der Waals surface area contributed by atoms with Gasteiger partial charge in [0, 0.05) is 18.8 Å². The summed E-state index contributed by atoms with van der Waals surface area (Å²) in [6, 6.07) is -0.543. The zero-order valence-electron chi connectivity index (χ0n) is 13.1. The smallest absolute Gasteiger partial charge is 0.327 e. The van der Waals surface area contributed by atoms with Crippen molar-refractivity contribution in [3.8, 4) is 0 Å². The van der Waals surface area contributed by atoms with Crippen molar-refractivity contribution in [1.29, 1.82) is 0 Å². The van der Waals surface area contributed by atoms with E-state index < -0.39 is 12.0 Å². The molecule has 1 aliphatic heterocycles. The van der Waals surface area contributed by atoms with E-state index in [4.69, 9.17) is 0 Å². The van der Waals surface area contributed by atoms with Crippen LogP contribution in [-0.2, 0) is 4.79 Å². The van der Waals surface area contributed by atoms with Gasteiger partial charge in [-0.05, 0) is 18.8 Å². The van der Waals surface area contributed by atoms with Gasteiger partial charge in [0.2, 0.25) is 0 Å². The molecule has 0 aromatic heterocycles. The molecule has 0 radical (unpaired) electrons. The zero-order chi connectivity index (χ0) is 15.6. The summed E-state index contributed by atoms with van der Waals surface area (Å²) in [5.41, 5.74) is 0. The Bertz CT molecular complexity index is 396. The molecule has 1 heterocycles. The first-order chi connectivity index (χ1) is 9.93. The van der Waals surface area contributed by atoms with Gasteiger partial charge in [0.25, 0.3) is 0 Å². The summed E-state index contributed by atoms with van der Waals surface area (Å²) in [5.74, 6) is -0.151. The van der Waals surface area contributed by atoms with Crippen LogP contribution >= 0.6 is 11.8 Å². The fraction of sp³-hybridized carbons (Fsp3) is 0.867. The number of carboxylic acid groups (broad SMARTS) is 1. The first kappa shape index (κ1) is 16.5. The van der Waals surface area contributed by atoms with Crippen LogP contribution in [0.4, 0.5) is 4.79 Å². The SMILES string of the molecule is CC(C)C1SCC(C(=O)O)N1C(=O)N(C)C1CCCCC1. The van der Waals surface area contributed by atoms with E-state index in [2.05, 4.69) is 0 Å². The number of urea groups is 1. The quantitative estimate of drug-likeness (QED) is 0.870. The van der Waals surface area contributed by atoms with Crippen LogP contribution < -0.4 is 0 Å². The minimum Gasteiger partial charge on any atom is -0.480 e. The number of carbonyl (C=O) groups is 2. The monoisotopic (exact) mass is 314 g/mol. The van der Waals surface area contributed by atoms with Crippen LogP contribution in [0.25, 0.3) is 0 Å². The third-order valence-corrected chi connectivity index (χ3v) is 6.16. The molecule has 0 aromatic carbocycles. The Morgan fingerprint density at radius 1 is 1.24 bits per heavy atom. The molecule has 1 aliphatic carbocycles. The summed E-state index contributed by atoms with van der Waals surface area (Å²) in [4.78, 5) is 27.7. The molecule has 2 rings (SSSR count). The molecule has 0 spiro atoms. The third kappa shape index (κ3) is 3.47. The number of nitrogens with zero attached hydrogens (tertiary/aromatic N) is 2. The first-order valence-electron chi connectivity index (χ1n) is 7.83. The fourth-order valence-electron chi connectivity index (χ4n) is 3.28. The molecule has 0 bridgehead atoms.